The highest BCUT2D eigenvalue weighted by Gasteiger charge is 1.92. The molecule has 0 saturated heterocycles. The summed E-state index contributed by atoms with van der Waals surface area (Å²) < 4.78 is 0. The summed E-state index contributed by atoms with van der Waals surface area (Å²) in [6, 6.07) is 7.80. The molecule has 0 N–H and O–H groups in total. The van der Waals surface area contributed by atoms with Crippen molar-refractivity contribution >= 4 is 5.69 Å². The summed E-state index contributed by atoms with van der Waals surface area (Å²) in [4.78, 5) is 3.36. The van der Waals surface area contributed by atoms with Gasteiger partial charge in [-0.15, -0.1) is 0 Å². The Morgan fingerprint density at radius 3 is 2.91 bits per heavy atom. The van der Waals surface area contributed by atoms with Crippen molar-refractivity contribution in [2.24, 2.45) is 0 Å². The molecule has 0 fully saturated rings. The highest BCUT2D eigenvalue weighted by Crippen LogP contribution is 2.14. The van der Waals surface area contributed by atoms with Gasteiger partial charge >= 0.3 is 0 Å². The molecule has 0 bridgehead atoms. The number of aryl methyl sites for hydroxylation is 1. The van der Waals surface area contributed by atoms with E-state index in [-0.39, 0.29) is 0 Å². The van der Waals surface area contributed by atoms with Crippen molar-refractivity contribution in [2.45, 2.75) is 19.8 Å². The van der Waals surface area contributed by atoms with E-state index in [1.54, 1.807) is 0 Å². The first-order valence-electron chi connectivity index (χ1n) is 3.83. The lowest BCUT2D eigenvalue weighted by molar-refractivity contribution is 0.922. The maximum absolute atomic E-state index is 6.80. The first kappa shape index (κ1) is 7.81. The molecule has 1 aromatic carbocycles. The molecule has 0 aliphatic rings. The minimum absolute atomic E-state index is 0.746. The molecule has 0 radical (unpaired) electrons. The lowest BCUT2D eigenvalue weighted by Crippen LogP contribution is -1.79. The Bertz CT molecular complexity index is 270. The predicted molar refractivity (Wildman–Crippen MR) is 46.7 cm³/mol. The van der Waals surface area contributed by atoms with Crippen molar-refractivity contribution in [2.75, 3.05) is 0 Å². The van der Waals surface area contributed by atoms with Gasteiger partial charge in [0.05, 0.1) is 6.57 Å². The van der Waals surface area contributed by atoms with E-state index in [2.05, 4.69) is 17.8 Å². The van der Waals surface area contributed by atoms with E-state index >= 15 is 0 Å². The topological polar surface area (TPSA) is 4.36 Å². The fraction of sp³-hybridized carbons (Fsp3) is 0.300. The Kier molecular flexibility index (Phi) is 2.68. The number of rotatable bonds is 2. The molecule has 1 aromatic rings. The average Bonchev–Trinajstić information content (AvgIpc) is 2.06. The lowest BCUT2D eigenvalue weighted by atomic mass is 10.1. The highest BCUT2D eigenvalue weighted by atomic mass is 14.6. The summed E-state index contributed by atoms with van der Waals surface area (Å²) in [7, 11) is 0. The van der Waals surface area contributed by atoms with E-state index in [1.165, 1.54) is 5.56 Å². The Labute approximate surface area is 67.5 Å². The molecule has 0 atom stereocenters. The van der Waals surface area contributed by atoms with Gasteiger partial charge in [-0.25, -0.2) is 4.85 Å². The Morgan fingerprint density at radius 1 is 1.45 bits per heavy atom. The van der Waals surface area contributed by atoms with Crippen molar-refractivity contribution in [3.8, 4) is 0 Å². The van der Waals surface area contributed by atoms with Crippen molar-refractivity contribution in [1.29, 1.82) is 0 Å². The van der Waals surface area contributed by atoms with E-state index in [0.29, 0.717) is 0 Å². The Hall–Kier alpha value is -1.29. The molecule has 0 aromatic heterocycles. The largest absolute Gasteiger partial charge is 0.238 e. The lowest BCUT2D eigenvalue weighted by Gasteiger charge is -1.96. The van der Waals surface area contributed by atoms with Crippen LogP contribution in [0.3, 0.4) is 0 Å². The minimum atomic E-state index is 0.746. The summed E-state index contributed by atoms with van der Waals surface area (Å²) in [5, 5.41) is 0. The molecular formula is C10H11N. The third-order valence-electron chi connectivity index (χ3n) is 1.58. The third kappa shape index (κ3) is 2.09. The minimum Gasteiger partial charge on any atom is -0.238 e. The zero-order valence-electron chi connectivity index (χ0n) is 6.67. The molecule has 0 amide bonds. The van der Waals surface area contributed by atoms with Gasteiger partial charge in [0.15, 0.2) is 5.69 Å². The predicted octanol–water partition coefficient (Wildman–Crippen LogP) is 3.19. The number of benzene rings is 1. The van der Waals surface area contributed by atoms with Gasteiger partial charge in [0.25, 0.3) is 0 Å². The summed E-state index contributed by atoms with van der Waals surface area (Å²) in [6.07, 6.45) is 2.21. The molecule has 1 heteroatoms. The van der Waals surface area contributed by atoms with Crippen LogP contribution in [0.2, 0.25) is 0 Å². The molecule has 1 nitrogen and oxygen atoms in total. The van der Waals surface area contributed by atoms with Crippen LogP contribution in [0, 0.1) is 6.57 Å². The second kappa shape index (κ2) is 3.78. The maximum atomic E-state index is 6.80. The van der Waals surface area contributed by atoms with Gasteiger partial charge in [-0.2, -0.15) is 0 Å². The third-order valence-corrected chi connectivity index (χ3v) is 1.58. The fourth-order valence-corrected chi connectivity index (χ4v) is 1.07. The SMILES string of the molecule is [C-]#[N+]c1cccc(CCC)c1. The van der Waals surface area contributed by atoms with E-state index < -0.39 is 0 Å². The van der Waals surface area contributed by atoms with Gasteiger partial charge in [0.2, 0.25) is 0 Å². The normalized spacial score (nSPS) is 9.09. The van der Waals surface area contributed by atoms with Gasteiger partial charge < -0.3 is 0 Å². The molecule has 1 rings (SSSR count). The first-order valence-corrected chi connectivity index (χ1v) is 3.83. The Morgan fingerprint density at radius 2 is 2.27 bits per heavy atom. The van der Waals surface area contributed by atoms with Crippen LogP contribution in [0.4, 0.5) is 5.69 Å². The zero-order valence-corrected chi connectivity index (χ0v) is 6.67. The van der Waals surface area contributed by atoms with Crippen molar-refractivity contribution in [1.82, 2.24) is 0 Å². The molecule has 0 saturated carbocycles. The van der Waals surface area contributed by atoms with Crippen LogP contribution in [-0.2, 0) is 6.42 Å². The zero-order chi connectivity index (χ0) is 8.10. The van der Waals surface area contributed by atoms with Crippen molar-refractivity contribution < 1.29 is 0 Å². The van der Waals surface area contributed by atoms with Crippen molar-refractivity contribution in [3.63, 3.8) is 0 Å². The second-order valence-electron chi connectivity index (χ2n) is 2.53. The number of hydrogen-bond donors (Lipinski definition) is 0. The van der Waals surface area contributed by atoms with E-state index in [0.717, 1.165) is 18.5 Å². The summed E-state index contributed by atoms with van der Waals surface area (Å²) in [6.45, 7) is 8.94. The average molecular weight is 145 g/mol. The first-order chi connectivity index (χ1) is 5.36. The van der Waals surface area contributed by atoms with Crippen LogP contribution < -0.4 is 0 Å². The van der Waals surface area contributed by atoms with Crippen LogP contribution in [0.15, 0.2) is 24.3 Å². The van der Waals surface area contributed by atoms with Gasteiger partial charge in [0, 0.05) is 0 Å². The number of hydrogen-bond acceptors (Lipinski definition) is 0. The quantitative estimate of drug-likeness (QED) is 0.563. The fourth-order valence-electron chi connectivity index (χ4n) is 1.07. The maximum Gasteiger partial charge on any atom is 0.187 e. The van der Waals surface area contributed by atoms with Gasteiger partial charge in [-0.1, -0.05) is 43.2 Å². The van der Waals surface area contributed by atoms with Crippen molar-refractivity contribution in [3.05, 3.63) is 41.2 Å². The second-order valence-corrected chi connectivity index (χ2v) is 2.53. The smallest absolute Gasteiger partial charge is 0.187 e. The molecule has 11 heavy (non-hydrogen) atoms. The van der Waals surface area contributed by atoms with Crippen LogP contribution in [-0.4, -0.2) is 0 Å². The Balaban J connectivity index is 2.85. The van der Waals surface area contributed by atoms with Gasteiger partial charge in [0.1, 0.15) is 0 Å². The number of nitrogens with zero attached hydrogens (tertiary/aromatic N) is 1. The highest BCUT2D eigenvalue weighted by molar-refractivity contribution is 5.46. The molecule has 0 spiro atoms. The standard InChI is InChI=1S/C10H11N/c1-3-5-9-6-4-7-10(8-9)11-2/h4,6-8H,3,5H2,1H3. The van der Waals surface area contributed by atoms with Crippen LogP contribution in [0.5, 0.6) is 0 Å². The summed E-state index contributed by atoms with van der Waals surface area (Å²) >= 11 is 0. The molecule has 0 aliphatic heterocycles. The van der Waals surface area contributed by atoms with Crippen LogP contribution in [0.25, 0.3) is 4.85 Å². The van der Waals surface area contributed by atoms with Gasteiger partial charge in [-0.3, -0.25) is 0 Å². The summed E-state index contributed by atoms with van der Waals surface area (Å²) in [5.74, 6) is 0. The van der Waals surface area contributed by atoms with Gasteiger partial charge in [-0.05, 0) is 6.42 Å². The van der Waals surface area contributed by atoms with Crippen LogP contribution in [0.1, 0.15) is 18.9 Å². The van der Waals surface area contributed by atoms with E-state index in [1.807, 2.05) is 18.2 Å². The van der Waals surface area contributed by atoms with Crippen LogP contribution >= 0.6 is 0 Å². The molecule has 0 aliphatic carbocycles. The van der Waals surface area contributed by atoms with E-state index in [9.17, 15) is 0 Å². The monoisotopic (exact) mass is 145 g/mol. The molecule has 0 unspecified atom stereocenters. The molecular weight excluding hydrogens is 134 g/mol. The van der Waals surface area contributed by atoms with E-state index in [4.69, 9.17) is 6.57 Å². The summed E-state index contributed by atoms with van der Waals surface area (Å²) in [5.41, 5.74) is 2.01. The molecule has 0 heterocycles. The molecule has 56 valence electrons.